The van der Waals surface area contributed by atoms with Crippen molar-refractivity contribution in [3.63, 3.8) is 0 Å². The minimum atomic E-state index is -0.426. The molecular formula is C141H95N3S3. The van der Waals surface area contributed by atoms with Crippen LogP contribution in [0.4, 0.5) is 51.2 Å². The number of hydrogen-bond acceptors (Lipinski definition) is 6. The number of hydrogen-bond donors (Lipinski definition) is 0. The van der Waals surface area contributed by atoms with Crippen molar-refractivity contribution in [1.29, 1.82) is 0 Å². The van der Waals surface area contributed by atoms with Gasteiger partial charge < -0.3 is 14.7 Å². The van der Waals surface area contributed by atoms with Crippen LogP contribution in [0.5, 0.6) is 0 Å². The van der Waals surface area contributed by atoms with E-state index in [4.69, 9.17) is 0 Å². The van der Waals surface area contributed by atoms with Gasteiger partial charge in [-0.25, -0.2) is 0 Å². The third-order valence-corrected chi connectivity index (χ3v) is 34.0. The highest BCUT2D eigenvalue weighted by atomic mass is 32.1. The number of anilines is 9. The average molecular weight is 1930 g/mol. The van der Waals surface area contributed by atoms with Crippen LogP contribution in [0, 0.1) is 0 Å². The Morgan fingerprint density at radius 2 is 0.429 bits per heavy atom. The minimum Gasteiger partial charge on any atom is -0.309 e. The summed E-state index contributed by atoms with van der Waals surface area (Å²) in [5.74, 6) is 0. The van der Waals surface area contributed by atoms with Gasteiger partial charge in [0, 0.05) is 85.1 Å². The Labute approximate surface area is 868 Å². The summed E-state index contributed by atoms with van der Waals surface area (Å²) in [6, 6.07) is 211. The van der Waals surface area contributed by atoms with E-state index in [2.05, 4.69) is 591 Å². The van der Waals surface area contributed by atoms with Crippen molar-refractivity contribution in [1.82, 2.24) is 0 Å². The molecule has 0 atom stereocenters. The molecule has 0 aliphatic heterocycles. The van der Waals surface area contributed by atoms with Crippen LogP contribution in [0.2, 0.25) is 0 Å². The Bertz CT molecular complexity index is 9240. The van der Waals surface area contributed by atoms with E-state index in [0.29, 0.717) is 0 Å². The summed E-state index contributed by atoms with van der Waals surface area (Å²) in [6.07, 6.45) is 0. The van der Waals surface area contributed by atoms with Crippen LogP contribution in [0.1, 0.15) is 66.8 Å². The van der Waals surface area contributed by atoms with E-state index in [0.717, 1.165) is 34.1 Å². The molecular weight excluding hydrogens is 1830 g/mol. The van der Waals surface area contributed by atoms with Gasteiger partial charge >= 0.3 is 0 Å². The second kappa shape index (κ2) is 37.1. The summed E-state index contributed by atoms with van der Waals surface area (Å²) in [4.78, 5) is 7.23. The van der Waals surface area contributed by atoms with Gasteiger partial charge in [-0.3, -0.25) is 0 Å². The van der Waals surface area contributed by atoms with Gasteiger partial charge in [0.1, 0.15) is 0 Å². The second-order valence-corrected chi connectivity index (χ2v) is 41.4. The Hall–Kier alpha value is -17.9. The molecule has 26 aromatic rings. The lowest BCUT2D eigenvalue weighted by Gasteiger charge is -2.34. The van der Waals surface area contributed by atoms with Gasteiger partial charge in [-0.15, -0.1) is 34.0 Å². The molecule has 3 aliphatic carbocycles. The van der Waals surface area contributed by atoms with Crippen LogP contribution in [0.3, 0.4) is 0 Å². The quantitative estimate of drug-likeness (QED) is 0.0900. The van der Waals surface area contributed by atoms with Gasteiger partial charge in [0.05, 0.1) is 48.4 Å². The van der Waals surface area contributed by atoms with Crippen molar-refractivity contribution >= 4 is 146 Å². The second-order valence-electron chi connectivity index (χ2n) is 38.2. The van der Waals surface area contributed by atoms with Crippen molar-refractivity contribution < 1.29 is 0 Å². The fourth-order valence-corrected chi connectivity index (χ4v) is 27.8. The van der Waals surface area contributed by atoms with E-state index in [-0.39, 0.29) is 0 Å². The highest BCUT2D eigenvalue weighted by Crippen LogP contribution is 2.62. The first-order valence-electron chi connectivity index (χ1n) is 50.5. The average Bonchev–Trinajstić information content (AvgIpc) is 1.54. The van der Waals surface area contributed by atoms with E-state index >= 15 is 0 Å². The summed E-state index contributed by atoms with van der Waals surface area (Å²) < 4.78 is 7.72. The number of para-hydroxylation sites is 5. The molecule has 0 fully saturated rings. The monoisotopic (exact) mass is 1930 g/mol. The van der Waals surface area contributed by atoms with Crippen molar-refractivity contribution in [3.8, 4) is 55.6 Å². The molecule has 0 radical (unpaired) electrons. The van der Waals surface area contributed by atoms with Crippen LogP contribution in [-0.2, 0) is 16.2 Å². The maximum absolute atomic E-state index is 2.48. The highest BCUT2D eigenvalue weighted by Gasteiger charge is 2.50. The predicted molar refractivity (Wildman–Crippen MR) is 625 cm³/mol. The number of nitrogens with zero attached hydrogens (tertiary/aromatic N) is 3. The molecule has 147 heavy (non-hydrogen) atoms. The summed E-state index contributed by atoms with van der Waals surface area (Å²) in [5.41, 5.74) is 37.7. The zero-order valence-electron chi connectivity index (χ0n) is 80.4. The van der Waals surface area contributed by atoms with E-state index in [1.807, 2.05) is 34.0 Å². The van der Waals surface area contributed by atoms with Gasteiger partial charge in [0.25, 0.3) is 0 Å². The Morgan fingerprint density at radius 3 is 0.816 bits per heavy atom. The van der Waals surface area contributed by atoms with Crippen molar-refractivity contribution in [2.75, 3.05) is 14.7 Å². The molecule has 0 saturated heterocycles. The normalized spacial score (nSPS) is 12.9. The fourth-order valence-electron chi connectivity index (χ4n) is 24.3. The molecule has 3 aliphatic rings. The summed E-state index contributed by atoms with van der Waals surface area (Å²) in [7, 11) is 0. The number of benzene rings is 23. The Balaban J connectivity index is 0.000000109. The van der Waals surface area contributed by atoms with Crippen molar-refractivity contribution in [3.05, 3.63) is 643 Å². The summed E-state index contributed by atoms with van der Waals surface area (Å²) >= 11 is 5.65. The molecule has 0 saturated carbocycles. The van der Waals surface area contributed by atoms with Crippen LogP contribution in [-0.4, -0.2) is 0 Å². The molecule has 0 spiro atoms. The largest absolute Gasteiger partial charge is 0.309 e. The van der Waals surface area contributed by atoms with Gasteiger partial charge in [0.2, 0.25) is 0 Å². The van der Waals surface area contributed by atoms with E-state index in [9.17, 15) is 0 Å². The topological polar surface area (TPSA) is 9.72 Å². The molecule has 3 aromatic heterocycles. The molecule has 29 rings (SSSR count). The van der Waals surface area contributed by atoms with Crippen LogP contribution in [0.15, 0.2) is 576 Å². The lowest BCUT2D eigenvalue weighted by molar-refractivity contribution is 0.770. The summed E-state index contributed by atoms with van der Waals surface area (Å²) in [6.45, 7) is 0. The maximum atomic E-state index is 2.48. The van der Waals surface area contributed by atoms with E-state index < -0.39 is 16.2 Å². The molecule has 3 heterocycles. The standard InChI is InChI=1S/2C49H33NS.C43H29NS/c1-4-17-34(18-5-1)38-23-12-15-28-44(38)50(37-21-8-3-9-22-37)45-29-16-30-46-48(45)41-32-31-36(33-47(41)51-46)49(35-19-6-2-7-20-35)42-26-13-10-24-39(42)40-25-11-14-27-43(40)49;1-4-15-34(16-5-1)35-27-30-39(31-28-35)50(38-19-8-3-9-20-38)46-26-14-23-42-43-33-37(29-32-47(43)51-48(42)46)49(36-17-6-2-7-18-36)44-24-12-10-21-40(44)41-22-11-13-25-45(41)49;1-4-15-30(16-5-1)43(38-24-12-10-21-34(38)35-22-11-13-25-39(35)43)31-27-28-41-37(29-31)36-23-14-26-40(42(36)45-41)44(32-17-6-2-7-18-32)33-19-8-3-9-20-33/h2*1-33H;1-29H. The smallest absolute Gasteiger partial charge is 0.0714 e. The molecule has 0 bridgehead atoms. The van der Waals surface area contributed by atoms with Gasteiger partial charge in [-0.05, 0) is 238 Å². The summed E-state index contributed by atoms with van der Waals surface area (Å²) in [5, 5.41) is 7.70. The predicted octanol–water partition coefficient (Wildman–Crippen LogP) is 39.0. The Morgan fingerprint density at radius 1 is 0.143 bits per heavy atom. The molecule has 0 N–H and O–H groups in total. The number of rotatable bonds is 17. The first-order valence-corrected chi connectivity index (χ1v) is 52.9. The van der Waals surface area contributed by atoms with E-state index in [1.54, 1.807) is 0 Å². The highest BCUT2D eigenvalue weighted by molar-refractivity contribution is 7.27. The lowest BCUT2D eigenvalue weighted by atomic mass is 9.67. The van der Waals surface area contributed by atoms with Crippen LogP contribution >= 0.6 is 34.0 Å². The first-order chi connectivity index (χ1) is 73.0. The molecule has 3 nitrogen and oxygen atoms in total. The molecule has 23 aromatic carbocycles. The third-order valence-electron chi connectivity index (χ3n) is 30.4. The van der Waals surface area contributed by atoms with Crippen molar-refractivity contribution in [2.45, 2.75) is 16.2 Å². The van der Waals surface area contributed by atoms with Crippen molar-refractivity contribution in [2.24, 2.45) is 0 Å². The molecule has 6 heteroatoms. The maximum Gasteiger partial charge on any atom is 0.0714 e. The molecule has 0 amide bonds. The Kier molecular flexibility index (Phi) is 22.3. The number of thiophene rings is 3. The first kappa shape index (κ1) is 88.1. The fraction of sp³-hybridized carbons (Fsp3) is 0.0213. The third kappa shape index (κ3) is 14.6. The SMILES string of the molecule is c1ccc(-c2ccc(N(c3ccccc3)c3cccc4c3sc3ccc(C5(c6ccccc6)c6ccccc6-c6ccccc65)cc34)cc2)cc1.c1ccc(-c2ccccc2N(c2ccccc2)c2cccc3sc4cc(C5(c6ccccc6)c6ccccc6-c6ccccc65)ccc4c23)cc1.c1ccc(N(c2ccccc2)c2cccc3c2sc2ccc(C4(c5ccccc5)c5ccccc5-c5ccccc54)cc23)cc1. The van der Waals surface area contributed by atoms with Gasteiger partial charge in [-0.1, -0.05) is 455 Å². The van der Waals surface area contributed by atoms with Crippen LogP contribution in [0.25, 0.3) is 116 Å². The van der Waals surface area contributed by atoms with Crippen LogP contribution < -0.4 is 14.7 Å². The van der Waals surface area contributed by atoms with Gasteiger partial charge in [-0.2, -0.15) is 0 Å². The zero-order chi connectivity index (χ0) is 97.4. The lowest BCUT2D eigenvalue weighted by Crippen LogP contribution is -2.28. The van der Waals surface area contributed by atoms with Gasteiger partial charge in [0.15, 0.2) is 0 Å². The minimum absolute atomic E-state index is 0.408. The number of fused-ring (bicyclic) bond motifs is 18. The zero-order valence-corrected chi connectivity index (χ0v) is 82.9. The van der Waals surface area contributed by atoms with E-state index in [1.165, 1.54) is 200 Å². The molecule has 692 valence electrons. The molecule has 0 unspecified atom stereocenters.